The molecule has 174 valence electrons. The second-order valence-electron chi connectivity index (χ2n) is 7.22. The van der Waals surface area contributed by atoms with Crippen LogP contribution in [0.25, 0.3) is 6.08 Å². The zero-order chi connectivity index (χ0) is 24.1. The van der Waals surface area contributed by atoms with Crippen molar-refractivity contribution in [2.75, 3.05) is 13.2 Å². The van der Waals surface area contributed by atoms with E-state index in [0.717, 1.165) is 30.0 Å². The first-order valence-electron chi connectivity index (χ1n) is 10.2. The van der Waals surface area contributed by atoms with E-state index < -0.39 is 0 Å². The minimum absolute atomic E-state index is 0.183. The van der Waals surface area contributed by atoms with Crippen LogP contribution in [0.2, 0.25) is 0 Å². The van der Waals surface area contributed by atoms with E-state index in [9.17, 15) is 14.0 Å². The highest BCUT2D eigenvalue weighted by atomic mass is 127. The van der Waals surface area contributed by atoms with Gasteiger partial charge in [-0.15, -0.1) is 0 Å². The summed E-state index contributed by atoms with van der Waals surface area (Å²) in [5.41, 5.74) is 1.66. The molecule has 1 saturated heterocycles. The monoisotopic (exact) mass is 701 g/mol. The van der Waals surface area contributed by atoms with Gasteiger partial charge in [0.15, 0.2) is 0 Å². The van der Waals surface area contributed by atoms with Crippen molar-refractivity contribution in [1.82, 2.24) is 4.90 Å². The Bertz CT molecular complexity index is 1210. The molecule has 4 rings (SSSR count). The number of benzene rings is 3. The van der Waals surface area contributed by atoms with Crippen molar-refractivity contribution in [2.24, 2.45) is 0 Å². The van der Waals surface area contributed by atoms with E-state index in [1.807, 2.05) is 42.5 Å². The zero-order valence-corrected chi connectivity index (χ0v) is 22.8. The van der Waals surface area contributed by atoms with Gasteiger partial charge in [0.25, 0.3) is 11.1 Å². The Labute approximate surface area is 228 Å². The lowest BCUT2D eigenvalue weighted by Gasteiger charge is -2.13. The molecule has 0 aromatic heterocycles. The molecule has 1 fully saturated rings. The standard InChI is InChI=1S/C25H18FI2NO4S/c26-18-8-6-16(7-9-18)15-33-23-20(27)12-17(13-21(23)28)14-22-24(30)29(25(31)34-22)10-11-32-19-4-2-1-3-5-19/h1-9,12-14H,10-11,15H2/b22-14-. The maximum Gasteiger partial charge on any atom is 0.293 e. The smallest absolute Gasteiger partial charge is 0.293 e. The van der Waals surface area contributed by atoms with Crippen LogP contribution in [0.4, 0.5) is 9.18 Å². The van der Waals surface area contributed by atoms with Crippen LogP contribution < -0.4 is 9.47 Å². The van der Waals surface area contributed by atoms with Gasteiger partial charge < -0.3 is 9.47 Å². The quantitative estimate of drug-likeness (QED) is 0.193. The van der Waals surface area contributed by atoms with Crippen LogP contribution >= 0.6 is 56.9 Å². The van der Waals surface area contributed by atoms with Crippen molar-refractivity contribution in [1.29, 1.82) is 0 Å². The van der Waals surface area contributed by atoms with Gasteiger partial charge in [0.05, 0.1) is 18.6 Å². The summed E-state index contributed by atoms with van der Waals surface area (Å²) in [6, 6.07) is 19.2. The van der Waals surface area contributed by atoms with Crippen molar-refractivity contribution in [3.05, 3.63) is 95.7 Å². The van der Waals surface area contributed by atoms with Gasteiger partial charge in [-0.25, -0.2) is 4.39 Å². The summed E-state index contributed by atoms with van der Waals surface area (Å²) in [6.07, 6.45) is 1.72. The Morgan fingerprint density at radius 2 is 1.62 bits per heavy atom. The Morgan fingerprint density at radius 1 is 0.941 bits per heavy atom. The van der Waals surface area contributed by atoms with Crippen LogP contribution in [0.15, 0.2) is 71.6 Å². The lowest BCUT2D eigenvalue weighted by Crippen LogP contribution is -2.32. The molecule has 1 heterocycles. The molecule has 0 atom stereocenters. The normalized spacial score (nSPS) is 14.7. The number of carbonyl (C=O) groups excluding carboxylic acids is 2. The maximum atomic E-state index is 13.1. The van der Waals surface area contributed by atoms with E-state index >= 15 is 0 Å². The van der Waals surface area contributed by atoms with E-state index in [4.69, 9.17) is 9.47 Å². The highest BCUT2D eigenvalue weighted by Crippen LogP contribution is 2.35. The van der Waals surface area contributed by atoms with Crippen molar-refractivity contribution in [3.8, 4) is 11.5 Å². The van der Waals surface area contributed by atoms with E-state index in [1.54, 1.807) is 18.2 Å². The predicted molar refractivity (Wildman–Crippen MR) is 147 cm³/mol. The van der Waals surface area contributed by atoms with Gasteiger partial charge in [-0.1, -0.05) is 30.3 Å². The molecular weight excluding hydrogens is 683 g/mol. The molecule has 0 radical (unpaired) electrons. The summed E-state index contributed by atoms with van der Waals surface area (Å²) >= 11 is 5.28. The van der Waals surface area contributed by atoms with Gasteiger partial charge in [0.1, 0.15) is 30.5 Å². The average Bonchev–Trinajstić information content (AvgIpc) is 3.07. The first-order valence-corrected chi connectivity index (χ1v) is 13.2. The van der Waals surface area contributed by atoms with Gasteiger partial charge >= 0.3 is 0 Å². The summed E-state index contributed by atoms with van der Waals surface area (Å²) < 4.78 is 26.4. The van der Waals surface area contributed by atoms with Crippen LogP contribution in [0.1, 0.15) is 11.1 Å². The number of hydrogen-bond acceptors (Lipinski definition) is 5. The number of thioether (sulfide) groups is 1. The van der Waals surface area contributed by atoms with Crippen molar-refractivity contribution in [3.63, 3.8) is 0 Å². The average molecular weight is 701 g/mol. The van der Waals surface area contributed by atoms with Crippen LogP contribution in [0, 0.1) is 13.0 Å². The van der Waals surface area contributed by atoms with E-state index in [0.29, 0.717) is 23.0 Å². The number of halogens is 3. The molecule has 0 unspecified atom stereocenters. The van der Waals surface area contributed by atoms with Gasteiger partial charge in [0, 0.05) is 0 Å². The Morgan fingerprint density at radius 3 is 2.29 bits per heavy atom. The lowest BCUT2D eigenvalue weighted by atomic mass is 10.2. The molecule has 9 heteroatoms. The first-order chi connectivity index (χ1) is 16.4. The summed E-state index contributed by atoms with van der Waals surface area (Å²) in [5.74, 6) is 0.795. The fourth-order valence-corrected chi connectivity index (χ4v) is 6.15. The molecule has 0 N–H and O–H groups in total. The molecule has 0 saturated carbocycles. The molecule has 2 amide bonds. The van der Waals surface area contributed by atoms with E-state index in [2.05, 4.69) is 45.2 Å². The maximum absolute atomic E-state index is 13.1. The summed E-state index contributed by atoms with van der Waals surface area (Å²) in [5, 5.41) is -0.309. The van der Waals surface area contributed by atoms with Gasteiger partial charge in [-0.05, 0) is 111 Å². The predicted octanol–water partition coefficient (Wildman–Crippen LogP) is 6.73. The number of nitrogens with zero attached hydrogens (tertiary/aromatic N) is 1. The van der Waals surface area contributed by atoms with Crippen LogP contribution in [0.3, 0.4) is 0 Å². The van der Waals surface area contributed by atoms with Crippen molar-refractivity contribution >= 4 is 74.2 Å². The molecule has 0 aliphatic carbocycles. The minimum atomic E-state index is -0.326. The third-order valence-corrected chi connectivity index (χ3v) is 7.33. The van der Waals surface area contributed by atoms with Gasteiger partial charge in [0.2, 0.25) is 0 Å². The number of carbonyl (C=O) groups is 2. The van der Waals surface area contributed by atoms with Gasteiger partial charge in [-0.2, -0.15) is 0 Å². The fourth-order valence-electron chi connectivity index (χ4n) is 3.15. The molecule has 3 aromatic rings. The van der Waals surface area contributed by atoms with Crippen molar-refractivity contribution in [2.45, 2.75) is 6.61 Å². The van der Waals surface area contributed by atoms with Crippen LogP contribution in [0.5, 0.6) is 11.5 Å². The van der Waals surface area contributed by atoms with Crippen molar-refractivity contribution < 1.29 is 23.5 Å². The largest absolute Gasteiger partial charge is 0.492 e. The second kappa shape index (κ2) is 11.5. The molecule has 1 aliphatic rings. The SMILES string of the molecule is O=C1S/C(=C\c2cc(I)c(OCc3ccc(F)cc3)c(I)c2)C(=O)N1CCOc1ccccc1. The summed E-state index contributed by atoms with van der Waals surface area (Å²) in [4.78, 5) is 26.7. The molecule has 0 bridgehead atoms. The Hall–Kier alpha value is -2.12. The van der Waals surface area contributed by atoms with E-state index in [-0.39, 0.29) is 30.1 Å². The summed E-state index contributed by atoms with van der Waals surface area (Å²) in [6.45, 7) is 0.725. The highest BCUT2D eigenvalue weighted by Gasteiger charge is 2.34. The molecular formula is C25H18FI2NO4S. The lowest BCUT2D eigenvalue weighted by molar-refractivity contribution is -0.123. The van der Waals surface area contributed by atoms with Crippen LogP contribution in [-0.4, -0.2) is 29.2 Å². The topological polar surface area (TPSA) is 55.8 Å². The molecule has 1 aliphatic heterocycles. The minimum Gasteiger partial charge on any atom is -0.492 e. The number of para-hydroxylation sites is 1. The van der Waals surface area contributed by atoms with E-state index in [1.165, 1.54) is 17.0 Å². The van der Waals surface area contributed by atoms with Gasteiger partial charge in [-0.3, -0.25) is 14.5 Å². The third-order valence-electron chi connectivity index (χ3n) is 4.82. The molecule has 3 aromatic carbocycles. The number of rotatable bonds is 8. The number of ether oxygens (including phenoxy) is 2. The highest BCUT2D eigenvalue weighted by molar-refractivity contribution is 14.1. The number of imide groups is 1. The zero-order valence-electron chi connectivity index (χ0n) is 17.7. The third kappa shape index (κ3) is 6.30. The number of hydrogen-bond donors (Lipinski definition) is 0. The van der Waals surface area contributed by atoms with Crippen LogP contribution in [-0.2, 0) is 11.4 Å². The fraction of sp³-hybridized carbons (Fsp3) is 0.120. The first kappa shape index (κ1) is 25.0. The second-order valence-corrected chi connectivity index (χ2v) is 10.5. The molecule has 0 spiro atoms. The molecule has 34 heavy (non-hydrogen) atoms. The Kier molecular flexibility index (Phi) is 8.48. The summed E-state index contributed by atoms with van der Waals surface area (Å²) in [7, 11) is 0. The number of amides is 2. The Balaban J connectivity index is 1.41. The molecule has 5 nitrogen and oxygen atoms in total.